The van der Waals surface area contributed by atoms with Crippen LogP contribution in [0.25, 0.3) is 0 Å². The second-order valence-corrected chi connectivity index (χ2v) is 5.03. The summed E-state index contributed by atoms with van der Waals surface area (Å²) in [5.41, 5.74) is 1.07. The van der Waals surface area contributed by atoms with Crippen molar-refractivity contribution in [1.82, 2.24) is 0 Å². The summed E-state index contributed by atoms with van der Waals surface area (Å²) >= 11 is 5.77. The second kappa shape index (κ2) is 8.19. The van der Waals surface area contributed by atoms with Crippen LogP contribution in [-0.4, -0.2) is 25.1 Å². The Balaban J connectivity index is 1.84. The topological polar surface area (TPSA) is 64.6 Å². The van der Waals surface area contributed by atoms with E-state index in [0.717, 1.165) is 0 Å². The van der Waals surface area contributed by atoms with Crippen molar-refractivity contribution in [3.05, 3.63) is 59.1 Å². The molecule has 0 aromatic heterocycles. The molecule has 0 saturated carbocycles. The Hall–Kier alpha value is -2.53. The molecule has 0 bridgehead atoms. The van der Waals surface area contributed by atoms with E-state index in [0.29, 0.717) is 28.6 Å². The fourth-order valence-corrected chi connectivity index (χ4v) is 1.91. The lowest BCUT2D eigenvalue weighted by Crippen LogP contribution is -2.20. The van der Waals surface area contributed by atoms with Gasteiger partial charge in [-0.25, -0.2) is 4.79 Å². The van der Waals surface area contributed by atoms with Crippen LogP contribution >= 0.6 is 11.6 Å². The summed E-state index contributed by atoms with van der Waals surface area (Å²) < 4.78 is 10.3. The van der Waals surface area contributed by atoms with Gasteiger partial charge in [0.2, 0.25) is 0 Å². The summed E-state index contributed by atoms with van der Waals surface area (Å²) in [6, 6.07) is 13.2. The minimum Gasteiger partial charge on any atom is -0.484 e. The number of halogens is 1. The Morgan fingerprint density at radius 2 is 1.70 bits per heavy atom. The Kier molecular flexibility index (Phi) is 6.00. The number of carbonyl (C=O) groups excluding carboxylic acids is 2. The van der Waals surface area contributed by atoms with Crippen molar-refractivity contribution in [3.8, 4) is 5.75 Å². The second-order valence-electron chi connectivity index (χ2n) is 4.59. The third kappa shape index (κ3) is 5.30. The van der Waals surface area contributed by atoms with Gasteiger partial charge in [-0.2, -0.15) is 0 Å². The molecule has 5 nitrogen and oxygen atoms in total. The summed E-state index contributed by atoms with van der Waals surface area (Å²) in [4.78, 5) is 23.3. The van der Waals surface area contributed by atoms with Crippen LogP contribution in [0.5, 0.6) is 5.75 Å². The van der Waals surface area contributed by atoms with E-state index in [1.807, 2.05) is 0 Å². The van der Waals surface area contributed by atoms with Gasteiger partial charge in [-0.1, -0.05) is 11.6 Å². The predicted molar refractivity (Wildman–Crippen MR) is 88.0 cm³/mol. The predicted octanol–water partition coefficient (Wildman–Crippen LogP) is 3.53. The van der Waals surface area contributed by atoms with Crippen LogP contribution in [0.3, 0.4) is 0 Å². The largest absolute Gasteiger partial charge is 0.484 e. The van der Waals surface area contributed by atoms with Crippen molar-refractivity contribution in [3.63, 3.8) is 0 Å². The standard InChI is InChI=1S/C17H16ClNO4/c1-2-22-17(21)12-3-9-15(10-4-12)23-11-16(20)19-14-7-5-13(18)6-8-14/h3-10H,2,11H2,1H3,(H,19,20). The number of nitrogens with one attached hydrogen (secondary N) is 1. The molecule has 0 aliphatic rings. The summed E-state index contributed by atoms with van der Waals surface area (Å²) in [6.07, 6.45) is 0. The van der Waals surface area contributed by atoms with Crippen LogP contribution in [0.2, 0.25) is 5.02 Å². The van der Waals surface area contributed by atoms with Gasteiger partial charge in [-0.05, 0) is 55.5 Å². The molecule has 0 aliphatic carbocycles. The molecule has 23 heavy (non-hydrogen) atoms. The van der Waals surface area contributed by atoms with E-state index in [1.165, 1.54) is 0 Å². The van der Waals surface area contributed by atoms with Crippen molar-refractivity contribution in [2.45, 2.75) is 6.92 Å². The first-order valence-corrected chi connectivity index (χ1v) is 7.41. The third-order valence-corrected chi connectivity index (χ3v) is 3.12. The highest BCUT2D eigenvalue weighted by Crippen LogP contribution is 2.15. The van der Waals surface area contributed by atoms with Crippen molar-refractivity contribution in [2.75, 3.05) is 18.5 Å². The summed E-state index contributed by atoms with van der Waals surface area (Å²) in [5.74, 6) is -0.189. The quantitative estimate of drug-likeness (QED) is 0.821. The van der Waals surface area contributed by atoms with Crippen molar-refractivity contribution in [2.24, 2.45) is 0 Å². The summed E-state index contributed by atoms with van der Waals surface area (Å²) in [7, 11) is 0. The molecule has 6 heteroatoms. The SMILES string of the molecule is CCOC(=O)c1ccc(OCC(=O)Nc2ccc(Cl)cc2)cc1. The zero-order chi connectivity index (χ0) is 16.7. The maximum atomic E-state index is 11.8. The van der Waals surface area contributed by atoms with Gasteiger partial charge in [0.25, 0.3) is 5.91 Å². The number of anilines is 1. The lowest BCUT2D eigenvalue weighted by molar-refractivity contribution is -0.118. The molecule has 0 aliphatic heterocycles. The van der Waals surface area contributed by atoms with Crippen LogP contribution < -0.4 is 10.1 Å². The van der Waals surface area contributed by atoms with Crippen LogP contribution in [-0.2, 0) is 9.53 Å². The zero-order valence-electron chi connectivity index (χ0n) is 12.5. The van der Waals surface area contributed by atoms with Crippen LogP contribution in [0.1, 0.15) is 17.3 Å². The van der Waals surface area contributed by atoms with Crippen molar-refractivity contribution < 1.29 is 19.1 Å². The fraction of sp³-hybridized carbons (Fsp3) is 0.176. The molecule has 2 aromatic rings. The molecule has 0 unspecified atom stereocenters. The van der Waals surface area contributed by atoms with Gasteiger partial charge in [0, 0.05) is 10.7 Å². The number of esters is 1. The third-order valence-electron chi connectivity index (χ3n) is 2.86. The average Bonchev–Trinajstić information content (AvgIpc) is 2.56. The van der Waals surface area contributed by atoms with E-state index in [4.69, 9.17) is 21.1 Å². The Labute approximate surface area is 139 Å². The van der Waals surface area contributed by atoms with E-state index in [2.05, 4.69) is 5.32 Å². The zero-order valence-corrected chi connectivity index (χ0v) is 13.3. The highest BCUT2D eigenvalue weighted by atomic mass is 35.5. The number of ether oxygens (including phenoxy) is 2. The van der Waals surface area contributed by atoms with E-state index in [-0.39, 0.29) is 18.5 Å². The van der Waals surface area contributed by atoms with Gasteiger partial charge in [0.1, 0.15) is 5.75 Å². The Morgan fingerprint density at radius 1 is 1.04 bits per heavy atom. The molecule has 0 fully saturated rings. The van der Waals surface area contributed by atoms with Gasteiger partial charge in [-0.15, -0.1) is 0 Å². The maximum Gasteiger partial charge on any atom is 0.338 e. The number of hydrogen-bond acceptors (Lipinski definition) is 4. The smallest absolute Gasteiger partial charge is 0.338 e. The molecule has 0 spiro atoms. The van der Waals surface area contributed by atoms with Crippen molar-refractivity contribution >= 4 is 29.2 Å². The molecule has 2 aromatic carbocycles. The molecule has 0 radical (unpaired) electrons. The van der Waals surface area contributed by atoms with Gasteiger partial charge in [0.15, 0.2) is 6.61 Å². The number of hydrogen-bond donors (Lipinski definition) is 1. The van der Waals surface area contributed by atoms with E-state index < -0.39 is 0 Å². The van der Waals surface area contributed by atoms with E-state index in [1.54, 1.807) is 55.5 Å². The van der Waals surface area contributed by atoms with Crippen LogP contribution in [0, 0.1) is 0 Å². The first-order chi connectivity index (χ1) is 11.1. The van der Waals surface area contributed by atoms with Crippen molar-refractivity contribution in [1.29, 1.82) is 0 Å². The molecule has 0 atom stereocenters. The molecular formula is C17H16ClNO4. The average molecular weight is 334 g/mol. The van der Waals surface area contributed by atoms with Crippen LogP contribution in [0.15, 0.2) is 48.5 Å². The molecule has 1 amide bonds. The molecule has 0 saturated heterocycles. The van der Waals surface area contributed by atoms with Gasteiger partial charge < -0.3 is 14.8 Å². The first kappa shape index (κ1) is 16.8. The molecule has 0 heterocycles. The normalized spacial score (nSPS) is 10.0. The lowest BCUT2D eigenvalue weighted by Gasteiger charge is -2.08. The number of carbonyl (C=O) groups is 2. The molecule has 1 N–H and O–H groups in total. The molecule has 120 valence electrons. The number of amides is 1. The highest BCUT2D eigenvalue weighted by Gasteiger charge is 2.07. The van der Waals surface area contributed by atoms with E-state index >= 15 is 0 Å². The maximum absolute atomic E-state index is 11.8. The molecular weight excluding hydrogens is 318 g/mol. The fourth-order valence-electron chi connectivity index (χ4n) is 1.78. The van der Waals surface area contributed by atoms with Gasteiger partial charge in [0.05, 0.1) is 12.2 Å². The number of benzene rings is 2. The Morgan fingerprint density at radius 3 is 2.30 bits per heavy atom. The monoisotopic (exact) mass is 333 g/mol. The lowest BCUT2D eigenvalue weighted by atomic mass is 10.2. The summed E-state index contributed by atoms with van der Waals surface area (Å²) in [5, 5.41) is 3.29. The number of rotatable bonds is 6. The molecule has 2 rings (SSSR count). The van der Waals surface area contributed by atoms with Crippen LogP contribution in [0.4, 0.5) is 5.69 Å². The summed E-state index contributed by atoms with van der Waals surface area (Å²) in [6.45, 7) is 1.93. The Bertz CT molecular complexity index is 668. The van der Waals surface area contributed by atoms with Gasteiger partial charge in [-0.3, -0.25) is 4.79 Å². The minimum atomic E-state index is -0.389. The first-order valence-electron chi connectivity index (χ1n) is 7.04. The van der Waals surface area contributed by atoms with E-state index in [9.17, 15) is 9.59 Å². The minimum absolute atomic E-state index is 0.138. The highest BCUT2D eigenvalue weighted by molar-refractivity contribution is 6.30. The van der Waals surface area contributed by atoms with Gasteiger partial charge >= 0.3 is 5.97 Å².